The maximum Gasteiger partial charge on any atom is 0.371 e. The first-order valence-electron chi connectivity index (χ1n) is 5.70. The molecule has 0 radical (unpaired) electrons. The van der Waals surface area contributed by atoms with Gasteiger partial charge in [-0.15, -0.1) is 0 Å². The molecular weight excluding hydrogens is 278 g/mol. The minimum absolute atomic E-state index is 0.402. The zero-order chi connectivity index (χ0) is 14.5. The second-order valence-electron chi connectivity index (χ2n) is 4.04. The van der Waals surface area contributed by atoms with Gasteiger partial charge >= 0.3 is 5.97 Å². The summed E-state index contributed by atoms with van der Waals surface area (Å²) in [6, 6.07) is 3.69. The smallest absolute Gasteiger partial charge is 0.371 e. The number of allylic oxidation sites excluding steroid dienone is 1. The van der Waals surface area contributed by atoms with Crippen LogP contribution in [-0.4, -0.2) is 26.9 Å². The van der Waals surface area contributed by atoms with Crippen LogP contribution < -0.4 is 0 Å². The molecule has 2 aromatic heterocycles. The molecule has 0 spiro atoms. The Morgan fingerprint density at radius 1 is 1.20 bits per heavy atom. The van der Waals surface area contributed by atoms with Crippen LogP contribution in [0.2, 0.25) is 0 Å². The monoisotopic (exact) mass is 289 g/mol. The number of carboxylic acid groups (broad SMARTS) is 1. The van der Waals surface area contributed by atoms with E-state index in [4.69, 9.17) is 10.2 Å². The number of aliphatic hydroxyl groups is 1. The number of aliphatic hydroxyl groups excluding tert-OH is 1. The molecule has 0 aliphatic heterocycles. The third-order valence-corrected chi connectivity index (χ3v) is 3.43. The van der Waals surface area contributed by atoms with E-state index in [-0.39, 0.29) is 0 Å². The number of nitrogens with zero attached hydrogens (tertiary/aromatic N) is 1. The SMILES string of the molecule is O=C(O)C(O)=CC(=O)c1cscc1Cc1ccncc1. The lowest BCUT2D eigenvalue weighted by molar-refractivity contribution is -0.135. The fourth-order valence-corrected chi connectivity index (χ4v) is 2.51. The highest BCUT2D eigenvalue weighted by atomic mass is 32.1. The summed E-state index contributed by atoms with van der Waals surface area (Å²) in [6.45, 7) is 0. The van der Waals surface area contributed by atoms with E-state index in [1.165, 1.54) is 11.3 Å². The maximum absolute atomic E-state index is 11.9. The largest absolute Gasteiger partial charge is 0.502 e. The Labute approximate surface area is 118 Å². The highest BCUT2D eigenvalue weighted by Gasteiger charge is 2.14. The van der Waals surface area contributed by atoms with Gasteiger partial charge < -0.3 is 10.2 Å². The molecule has 0 bridgehead atoms. The van der Waals surface area contributed by atoms with Crippen LogP contribution in [0, 0.1) is 0 Å². The predicted octanol–water partition coefficient (Wildman–Crippen LogP) is 2.44. The van der Waals surface area contributed by atoms with Crippen LogP contribution in [0.5, 0.6) is 0 Å². The molecule has 0 aliphatic carbocycles. The third-order valence-electron chi connectivity index (χ3n) is 2.64. The normalized spacial score (nSPS) is 11.3. The fourth-order valence-electron chi connectivity index (χ4n) is 1.66. The Bertz CT molecular complexity index is 661. The lowest BCUT2D eigenvalue weighted by atomic mass is 10.0. The summed E-state index contributed by atoms with van der Waals surface area (Å²) in [6.07, 6.45) is 4.61. The van der Waals surface area contributed by atoms with Gasteiger partial charge in [-0.05, 0) is 35.1 Å². The Hall–Kier alpha value is -2.47. The number of aromatic nitrogens is 1. The number of aliphatic carboxylic acids is 1. The quantitative estimate of drug-likeness (QED) is 0.501. The van der Waals surface area contributed by atoms with Crippen molar-refractivity contribution < 1.29 is 19.8 Å². The Balaban J connectivity index is 2.23. The lowest BCUT2D eigenvalue weighted by Gasteiger charge is -2.01. The van der Waals surface area contributed by atoms with Gasteiger partial charge in [0, 0.05) is 29.4 Å². The number of hydrogen-bond donors (Lipinski definition) is 2. The Morgan fingerprint density at radius 2 is 1.90 bits per heavy atom. The topological polar surface area (TPSA) is 87.5 Å². The molecule has 0 unspecified atom stereocenters. The summed E-state index contributed by atoms with van der Waals surface area (Å²) in [5, 5.41) is 21.1. The first kappa shape index (κ1) is 14.0. The molecule has 0 aliphatic rings. The third kappa shape index (κ3) is 3.30. The van der Waals surface area contributed by atoms with Gasteiger partial charge in [0.2, 0.25) is 5.76 Å². The standard InChI is InChI=1S/C14H11NO4S/c16-12(6-13(17)14(18)19)11-8-20-7-10(11)5-9-1-3-15-4-2-9/h1-4,6-8,17H,5H2,(H,18,19). The molecule has 0 saturated heterocycles. The highest BCUT2D eigenvalue weighted by molar-refractivity contribution is 7.08. The summed E-state index contributed by atoms with van der Waals surface area (Å²) in [5.41, 5.74) is 2.19. The van der Waals surface area contributed by atoms with Gasteiger partial charge in [-0.1, -0.05) is 0 Å². The van der Waals surface area contributed by atoms with Crippen LogP contribution in [0.4, 0.5) is 0 Å². The lowest BCUT2D eigenvalue weighted by Crippen LogP contribution is -2.05. The average molecular weight is 289 g/mol. The van der Waals surface area contributed by atoms with Gasteiger partial charge in [0.15, 0.2) is 5.78 Å². The zero-order valence-electron chi connectivity index (χ0n) is 10.3. The zero-order valence-corrected chi connectivity index (χ0v) is 11.1. The average Bonchev–Trinajstić information content (AvgIpc) is 2.88. The second-order valence-corrected chi connectivity index (χ2v) is 4.79. The second kappa shape index (κ2) is 6.12. The van der Waals surface area contributed by atoms with Crippen molar-refractivity contribution in [3.63, 3.8) is 0 Å². The Kier molecular flexibility index (Phi) is 4.27. The van der Waals surface area contributed by atoms with Crippen LogP contribution in [-0.2, 0) is 11.2 Å². The predicted molar refractivity (Wildman–Crippen MR) is 74.0 cm³/mol. The van der Waals surface area contributed by atoms with Crippen molar-refractivity contribution in [1.82, 2.24) is 4.98 Å². The van der Waals surface area contributed by atoms with E-state index in [1.807, 2.05) is 17.5 Å². The van der Waals surface area contributed by atoms with E-state index in [1.54, 1.807) is 17.8 Å². The molecule has 5 nitrogen and oxygen atoms in total. The van der Waals surface area contributed by atoms with E-state index in [2.05, 4.69) is 4.98 Å². The summed E-state index contributed by atoms with van der Waals surface area (Å²) in [7, 11) is 0. The van der Waals surface area contributed by atoms with Gasteiger partial charge in [0.25, 0.3) is 0 Å². The number of pyridine rings is 1. The number of carbonyl (C=O) groups excluding carboxylic acids is 1. The van der Waals surface area contributed by atoms with Crippen molar-refractivity contribution in [2.24, 2.45) is 0 Å². The minimum Gasteiger partial charge on any atom is -0.502 e. The molecule has 0 saturated carbocycles. The van der Waals surface area contributed by atoms with Crippen molar-refractivity contribution >= 4 is 23.1 Å². The van der Waals surface area contributed by atoms with Crippen LogP contribution in [0.25, 0.3) is 0 Å². The van der Waals surface area contributed by atoms with E-state index in [0.717, 1.165) is 17.2 Å². The molecule has 2 rings (SSSR count). The van der Waals surface area contributed by atoms with Gasteiger partial charge in [-0.3, -0.25) is 9.78 Å². The first-order valence-corrected chi connectivity index (χ1v) is 6.64. The van der Waals surface area contributed by atoms with E-state index >= 15 is 0 Å². The highest BCUT2D eigenvalue weighted by Crippen LogP contribution is 2.20. The fraction of sp³-hybridized carbons (Fsp3) is 0.0714. The van der Waals surface area contributed by atoms with Crippen LogP contribution in [0.3, 0.4) is 0 Å². The number of carbonyl (C=O) groups is 2. The molecule has 20 heavy (non-hydrogen) atoms. The van der Waals surface area contributed by atoms with Gasteiger partial charge in [-0.25, -0.2) is 4.79 Å². The summed E-state index contributed by atoms with van der Waals surface area (Å²) in [4.78, 5) is 26.4. The molecule has 6 heteroatoms. The number of thiophene rings is 1. The van der Waals surface area contributed by atoms with E-state index < -0.39 is 17.5 Å². The van der Waals surface area contributed by atoms with Gasteiger partial charge in [0.1, 0.15) is 0 Å². The summed E-state index contributed by atoms with van der Waals surface area (Å²) < 4.78 is 0. The summed E-state index contributed by atoms with van der Waals surface area (Å²) in [5.74, 6) is -3.00. The molecule has 0 aromatic carbocycles. The van der Waals surface area contributed by atoms with Gasteiger partial charge in [0.05, 0.1) is 0 Å². The molecule has 2 heterocycles. The number of carboxylic acids is 1. The molecule has 0 atom stereocenters. The van der Waals surface area contributed by atoms with Crippen molar-refractivity contribution in [2.45, 2.75) is 6.42 Å². The van der Waals surface area contributed by atoms with Crippen molar-refractivity contribution in [1.29, 1.82) is 0 Å². The molecular formula is C14H11NO4S. The van der Waals surface area contributed by atoms with Crippen LogP contribution >= 0.6 is 11.3 Å². The maximum atomic E-state index is 11.9. The number of hydrogen-bond acceptors (Lipinski definition) is 5. The van der Waals surface area contributed by atoms with E-state index in [0.29, 0.717) is 12.0 Å². The minimum atomic E-state index is -1.52. The molecule has 2 N–H and O–H groups in total. The van der Waals surface area contributed by atoms with Crippen molar-refractivity contribution in [3.8, 4) is 0 Å². The summed E-state index contributed by atoms with van der Waals surface area (Å²) >= 11 is 1.35. The van der Waals surface area contributed by atoms with Crippen molar-refractivity contribution in [3.05, 3.63) is 63.8 Å². The van der Waals surface area contributed by atoms with Crippen LogP contribution in [0.15, 0.2) is 47.1 Å². The molecule has 2 aromatic rings. The molecule has 0 amide bonds. The molecule has 102 valence electrons. The Morgan fingerprint density at radius 3 is 2.55 bits per heavy atom. The van der Waals surface area contributed by atoms with Crippen LogP contribution in [0.1, 0.15) is 21.5 Å². The van der Waals surface area contributed by atoms with Crippen molar-refractivity contribution in [2.75, 3.05) is 0 Å². The number of ketones is 1. The number of rotatable bonds is 5. The molecule has 0 fully saturated rings. The van der Waals surface area contributed by atoms with E-state index in [9.17, 15) is 9.59 Å². The van der Waals surface area contributed by atoms with Gasteiger partial charge in [-0.2, -0.15) is 11.3 Å². The first-order chi connectivity index (χ1) is 9.58.